The van der Waals surface area contributed by atoms with Crippen LogP contribution in [0.15, 0.2) is 0 Å². The summed E-state index contributed by atoms with van der Waals surface area (Å²) in [5.74, 6) is -0.201. The summed E-state index contributed by atoms with van der Waals surface area (Å²) in [6, 6.07) is -0.342. The van der Waals surface area contributed by atoms with Crippen molar-refractivity contribution in [2.75, 3.05) is 26.7 Å². The van der Waals surface area contributed by atoms with Crippen LogP contribution in [0, 0.1) is 0 Å². The molecule has 1 unspecified atom stereocenters. The summed E-state index contributed by atoms with van der Waals surface area (Å²) >= 11 is 0. The summed E-state index contributed by atoms with van der Waals surface area (Å²) in [6.07, 6.45) is -0.417. The van der Waals surface area contributed by atoms with Gasteiger partial charge in [-0.05, 0) is 27.8 Å². The molecular weight excluding hydrogens is 222 g/mol. The first kappa shape index (κ1) is 13.9. The van der Waals surface area contributed by atoms with Crippen molar-refractivity contribution in [2.24, 2.45) is 0 Å². The van der Waals surface area contributed by atoms with Crippen LogP contribution in [0.5, 0.6) is 0 Å². The van der Waals surface area contributed by atoms with Gasteiger partial charge in [-0.2, -0.15) is 0 Å². The van der Waals surface area contributed by atoms with Crippen molar-refractivity contribution in [1.29, 1.82) is 0 Å². The maximum atomic E-state index is 11.8. The van der Waals surface area contributed by atoms with E-state index < -0.39 is 11.6 Å². The molecule has 1 fully saturated rings. The van der Waals surface area contributed by atoms with Gasteiger partial charge >= 0.3 is 6.03 Å². The Morgan fingerprint density at radius 2 is 2.06 bits per heavy atom. The fourth-order valence-corrected chi connectivity index (χ4v) is 1.83. The molecule has 98 valence electrons. The summed E-state index contributed by atoms with van der Waals surface area (Å²) in [4.78, 5) is 26.5. The van der Waals surface area contributed by atoms with E-state index in [0.717, 1.165) is 0 Å². The van der Waals surface area contributed by atoms with E-state index in [9.17, 15) is 14.7 Å². The smallest absolute Gasteiger partial charge is 0.325 e. The predicted octanol–water partition coefficient (Wildman–Crippen LogP) is -0.371. The molecule has 0 saturated carbocycles. The van der Waals surface area contributed by atoms with E-state index in [0.29, 0.717) is 19.6 Å². The lowest BCUT2D eigenvalue weighted by Crippen LogP contribution is -2.42. The monoisotopic (exact) mass is 243 g/mol. The Kier molecular flexibility index (Phi) is 4.11. The van der Waals surface area contributed by atoms with Crippen molar-refractivity contribution in [1.82, 2.24) is 15.1 Å². The highest BCUT2D eigenvalue weighted by Crippen LogP contribution is 2.15. The summed E-state index contributed by atoms with van der Waals surface area (Å²) < 4.78 is 0. The van der Waals surface area contributed by atoms with Crippen LogP contribution in [0.2, 0.25) is 0 Å². The van der Waals surface area contributed by atoms with Crippen molar-refractivity contribution in [3.8, 4) is 0 Å². The normalized spacial score (nSPS) is 20.9. The van der Waals surface area contributed by atoms with Crippen LogP contribution in [-0.2, 0) is 4.79 Å². The van der Waals surface area contributed by atoms with Gasteiger partial charge in [0.15, 0.2) is 0 Å². The average molecular weight is 243 g/mol. The minimum Gasteiger partial charge on any atom is -0.392 e. The molecule has 1 saturated heterocycles. The molecular formula is C11H21N3O3. The second-order valence-electron chi connectivity index (χ2n) is 5.12. The van der Waals surface area contributed by atoms with Gasteiger partial charge in [-0.25, -0.2) is 4.79 Å². The highest BCUT2D eigenvalue weighted by molar-refractivity contribution is 6.06. The van der Waals surface area contributed by atoms with Crippen LogP contribution in [0.25, 0.3) is 0 Å². The Balaban J connectivity index is 2.48. The van der Waals surface area contributed by atoms with Crippen molar-refractivity contribution in [3.63, 3.8) is 0 Å². The van der Waals surface area contributed by atoms with Gasteiger partial charge in [-0.1, -0.05) is 0 Å². The number of nitrogens with zero attached hydrogens (tertiary/aromatic N) is 2. The van der Waals surface area contributed by atoms with Gasteiger partial charge in [-0.15, -0.1) is 0 Å². The van der Waals surface area contributed by atoms with Crippen molar-refractivity contribution >= 4 is 11.9 Å². The maximum Gasteiger partial charge on any atom is 0.325 e. The molecule has 1 aliphatic heterocycles. The van der Waals surface area contributed by atoms with Crippen LogP contribution in [0.4, 0.5) is 4.79 Å². The fourth-order valence-electron chi connectivity index (χ4n) is 1.83. The SMILES string of the molecule is CC(O)CN(C)CCN1C(=O)NC(C)(C)C1=O. The molecule has 1 heterocycles. The number of carbonyl (C=O) groups excluding carboxylic acids is 2. The molecule has 6 heteroatoms. The lowest BCUT2D eigenvalue weighted by Gasteiger charge is -2.21. The Hall–Kier alpha value is -1.14. The number of hydrogen-bond acceptors (Lipinski definition) is 4. The lowest BCUT2D eigenvalue weighted by atomic mass is 10.1. The van der Waals surface area contributed by atoms with E-state index in [-0.39, 0.29) is 11.9 Å². The number of carbonyl (C=O) groups is 2. The second-order valence-corrected chi connectivity index (χ2v) is 5.12. The van der Waals surface area contributed by atoms with Gasteiger partial charge in [-0.3, -0.25) is 9.69 Å². The Morgan fingerprint density at radius 3 is 2.47 bits per heavy atom. The zero-order chi connectivity index (χ0) is 13.2. The van der Waals surface area contributed by atoms with Crippen LogP contribution in [0.1, 0.15) is 20.8 Å². The topological polar surface area (TPSA) is 72.9 Å². The third-order valence-electron chi connectivity index (χ3n) is 2.73. The van der Waals surface area contributed by atoms with Crippen LogP contribution < -0.4 is 5.32 Å². The zero-order valence-corrected chi connectivity index (χ0v) is 10.9. The van der Waals surface area contributed by atoms with Gasteiger partial charge in [0.1, 0.15) is 5.54 Å². The first-order valence-electron chi connectivity index (χ1n) is 5.75. The van der Waals surface area contributed by atoms with E-state index in [1.165, 1.54) is 4.90 Å². The van der Waals surface area contributed by atoms with Gasteiger partial charge in [0.05, 0.1) is 6.10 Å². The van der Waals surface area contributed by atoms with Gasteiger partial charge in [0.25, 0.3) is 5.91 Å². The van der Waals surface area contributed by atoms with Crippen LogP contribution >= 0.6 is 0 Å². The quantitative estimate of drug-likeness (QED) is 0.646. The first-order chi connectivity index (χ1) is 7.74. The number of nitrogens with one attached hydrogen (secondary N) is 1. The number of hydrogen-bond donors (Lipinski definition) is 2. The highest BCUT2D eigenvalue weighted by Gasteiger charge is 2.43. The molecule has 17 heavy (non-hydrogen) atoms. The number of amides is 3. The van der Waals surface area contributed by atoms with E-state index in [4.69, 9.17) is 0 Å². The first-order valence-corrected chi connectivity index (χ1v) is 5.75. The second kappa shape index (κ2) is 5.01. The van der Waals surface area contributed by atoms with E-state index in [2.05, 4.69) is 5.32 Å². The molecule has 0 spiro atoms. The summed E-state index contributed by atoms with van der Waals surface area (Å²) in [6.45, 7) is 6.50. The molecule has 0 radical (unpaired) electrons. The predicted molar refractivity (Wildman–Crippen MR) is 63.5 cm³/mol. The minimum absolute atomic E-state index is 0.201. The molecule has 0 aromatic carbocycles. The van der Waals surface area contributed by atoms with Crippen molar-refractivity contribution in [3.05, 3.63) is 0 Å². The number of aliphatic hydroxyl groups is 1. The number of urea groups is 1. The minimum atomic E-state index is -0.806. The van der Waals surface area contributed by atoms with E-state index in [1.807, 2.05) is 11.9 Å². The molecule has 2 N–H and O–H groups in total. The molecule has 0 bridgehead atoms. The van der Waals surface area contributed by atoms with E-state index >= 15 is 0 Å². The number of imide groups is 1. The van der Waals surface area contributed by atoms with Gasteiger partial charge < -0.3 is 15.3 Å². The van der Waals surface area contributed by atoms with E-state index in [1.54, 1.807) is 20.8 Å². The van der Waals surface area contributed by atoms with Crippen LogP contribution in [0.3, 0.4) is 0 Å². The van der Waals surface area contributed by atoms with Gasteiger partial charge in [0, 0.05) is 19.6 Å². The maximum absolute atomic E-state index is 11.8. The summed E-state index contributed by atoms with van der Waals surface area (Å²) in [5.41, 5.74) is -0.806. The third-order valence-corrected chi connectivity index (χ3v) is 2.73. The number of likely N-dealkylation sites (N-methyl/N-ethyl adjacent to an activating group) is 1. The standard InChI is InChI=1S/C11H21N3O3/c1-8(15)7-13(4)5-6-14-9(16)11(2,3)12-10(14)17/h8,15H,5-7H2,1-4H3,(H,12,17). The fraction of sp³-hybridized carbons (Fsp3) is 0.818. The molecule has 1 atom stereocenters. The summed E-state index contributed by atoms with van der Waals surface area (Å²) in [7, 11) is 1.84. The van der Waals surface area contributed by atoms with Crippen LogP contribution in [-0.4, -0.2) is 65.2 Å². The molecule has 6 nitrogen and oxygen atoms in total. The number of rotatable bonds is 5. The Morgan fingerprint density at radius 1 is 1.47 bits per heavy atom. The average Bonchev–Trinajstić information content (AvgIpc) is 2.33. The molecule has 1 rings (SSSR count). The Bertz CT molecular complexity index is 315. The largest absolute Gasteiger partial charge is 0.392 e. The summed E-state index contributed by atoms with van der Waals surface area (Å²) in [5, 5.41) is 11.8. The molecule has 0 aromatic heterocycles. The molecule has 0 aromatic rings. The number of aliphatic hydroxyl groups excluding tert-OH is 1. The van der Waals surface area contributed by atoms with Gasteiger partial charge in [0.2, 0.25) is 0 Å². The molecule has 1 aliphatic rings. The third kappa shape index (κ3) is 3.41. The molecule has 3 amide bonds. The molecule has 0 aliphatic carbocycles. The lowest BCUT2D eigenvalue weighted by molar-refractivity contribution is -0.130. The highest BCUT2D eigenvalue weighted by atomic mass is 16.3. The van der Waals surface area contributed by atoms with Crippen molar-refractivity contribution in [2.45, 2.75) is 32.4 Å². The van der Waals surface area contributed by atoms with Crippen molar-refractivity contribution < 1.29 is 14.7 Å². The Labute approximate surface area is 102 Å². The zero-order valence-electron chi connectivity index (χ0n) is 10.9.